The maximum atomic E-state index is 12.1. The summed E-state index contributed by atoms with van der Waals surface area (Å²) in [5, 5.41) is 2.71. The van der Waals surface area contributed by atoms with Crippen molar-refractivity contribution in [2.24, 2.45) is 0 Å². The van der Waals surface area contributed by atoms with E-state index >= 15 is 0 Å². The number of hydrogen-bond acceptors (Lipinski definition) is 2. The Morgan fingerprint density at radius 2 is 1.61 bits per heavy atom. The van der Waals surface area contributed by atoms with Crippen LogP contribution in [0.1, 0.15) is 29.6 Å². The van der Waals surface area contributed by atoms with Crippen LogP contribution in [0.25, 0.3) is 5.69 Å². The summed E-state index contributed by atoms with van der Waals surface area (Å²) in [6.07, 6.45) is 7.20. The number of nitrogens with one attached hydrogen (secondary N) is 1. The Kier molecular flexibility index (Phi) is 4.76. The maximum Gasteiger partial charge on any atom is 0.251 e. The summed E-state index contributed by atoms with van der Waals surface area (Å²) in [5.41, 5.74) is 1.56. The third kappa shape index (κ3) is 3.80. The van der Waals surface area contributed by atoms with Crippen LogP contribution in [0.15, 0.2) is 48.8 Å². The zero-order chi connectivity index (χ0) is 16.1. The van der Waals surface area contributed by atoms with Crippen molar-refractivity contribution in [2.75, 3.05) is 19.6 Å². The van der Waals surface area contributed by atoms with Gasteiger partial charge in [-0.2, -0.15) is 0 Å². The minimum atomic E-state index is -0.214. The van der Waals surface area contributed by atoms with Crippen molar-refractivity contribution in [3.05, 3.63) is 54.4 Å². The van der Waals surface area contributed by atoms with Crippen LogP contribution >= 0.6 is 0 Å². The Morgan fingerprint density at radius 3 is 2.26 bits per heavy atom. The zero-order valence-electron chi connectivity index (χ0n) is 13.1. The van der Waals surface area contributed by atoms with Gasteiger partial charge in [-0.05, 0) is 55.7 Å². The maximum absolute atomic E-state index is 12.1. The number of carbonyl (C=O) groups is 2. The van der Waals surface area contributed by atoms with Gasteiger partial charge >= 0.3 is 0 Å². The van der Waals surface area contributed by atoms with Crippen molar-refractivity contribution in [1.29, 1.82) is 0 Å². The molecule has 5 nitrogen and oxygen atoms in total. The summed E-state index contributed by atoms with van der Waals surface area (Å²) in [7, 11) is 0. The molecule has 1 fully saturated rings. The van der Waals surface area contributed by atoms with Crippen LogP contribution in [0.3, 0.4) is 0 Å². The standard InChI is InChI=1S/C18H21N3O2/c22-17(21-12-2-1-3-13-21)14-19-18(23)15-6-8-16(9-7-15)20-10-4-5-11-20/h4-11H,1-3,12-14H2,(H,19,23). The minimum Gasteiger partial charge on any atom is -0.343 e. The minimum absolute atomic E-state index is 0.00186. The molecule has 0 saturated carbocycles. The number of amides is 2. The number of aromatic nitrogens is 1. The predicted octanol–water partition coefficient (Wildman–Crippen LogP) is 2.22. The number of hydrogen-bond donors (Lipinski definition) is 1. The Balaban J connectivity index is 1.54. The lowest BCUT2D eigenvalue weighted by Crippen LogP contribution is -2.42. The van der Waals surface area contributed by atoms with Crippen LogP contribution in [0, 0.1) is 0 Å². The van der Waals surface area contributed by atoms with Gasteiger partial charge in [-0.15, -0.1) is 0 Å². The number of benzene rings is 1. The predicted molar refractivity (Wildman–Crippen MR) is 88.5 cm³/mol. The first-order valence-corrected chi connectivity index (χ1v) is 8.03. The Bertz CT molecular complexity index is 656. The van der Waals surface area contributed by atoms with Crippen molar-refractivity contribution < 1.29 is 9.59 Å². The number of rotatable bonds is 4. The highest BCUT2D eigenvalue weighted by molar-refractivity contribution is 5.96. The fourth-order valence-corrected chi connectivity index (χ4v) is 2.80. The van der Waals surface area contributed by atoms with Gasteiger partial charge in [0.25, 0.3) is 5.91 Å². The van der Waals surface area contributed by atoms with E-state index in [0.717, 1.165) is 31.6 Å². The average molecular weight is 311 g/mol. The van der Waals surface area contributed by atoms with Crippen LogP contribution in [0.2, 0.25) is 0 Å². The number of likely N-dealkylation sites (tertiary alicyclic amines) is 1. The van der Waals surface area contributed by atoms with E-state index in [4.69, 9.17) is 0 Å². The fraction of sp³-hybridized carbons (Fsp3) is 0.333. The molecule has 2 heterocycles. The van der Waals surface area contributed by atoms with E-state index in [-0.39, 0.29) is 18.4 Å². The normalized spacial score (nSPS) is 14.5. The Hall–Kier alpha value is -2.56. The third-order valence-electron chi connectivity index (χ3n) is 4.14. The van der Waals surface area contributed by atoms with Crippen molar-refractivity contribution in [3.63, 3.8) is 0 Å². The summed E-state index contributed by atoms with van der Waals surface area (Å²) in [5.74, 6) is -0.212. The second-order valence-corrected chi connectivity index (χ2v) is 5.76. The van der Waals surface area contributed by atoms with Crippen LogP contribution in [-0.4, -0.2) is 40.9 Å². The molecule has 2 amide bonds. The molecule has 23 heavy (non-hydrogen) atoms. The highest BCUT2D eigenvalue weighted by atomic mass is 16.2. The second-order valence-electron chi connectivity index (χ2n) is 5.76. The highest BCUT2D eigenvalue weighted by Crippen LogP contribution is 2.10. The van der Waals surface area contributed by atoms with Crippen LogP contribution in [0.5, 0.6) is 0 Å². The van der Waals surface area contributed by atoms with E-state index in [1.54, 1.807) is 12.1 Å². The Morgan fingerprint density at radius 1 is 0.957 bits per heavy atom. The van der Waals surface area contributed by atoms with Crippen LogP contribution in [0.4, 0.5) is 0 Å². The van der Waals surface area contributed by atoms with Gasteiger partial charge in [0, 0.05) is 36.7 Å². The molecule has 0 spiro atoms. The van der Waals surface area contributed by atoms with E-state index in [1.807, 2.05) is 46.1 Å². The highest BCUT2D eigenvalue weighted by Gasteiger charge is 2.17. The summed E-state index contributed by atoms with van der Waals surface area (Å²) in [4.78, 5) is 26.0. The fourth-order valence-electron chi connectivity index (χ4n) is 2.80. The zero-order valence-corrected chi connectivity index (χ0v) is 13.1. The van der Waals surface area contributed by atoms with E-state index in [1.165, 1.54) is 6.42 Å². The van der Waals surface area contributed by atoms with Crippen molar-refractivity contribution in [3.8, 4) is 5.69 Å². The molecule has 1 N–H and O–H groups in total. The van der Waals surface area contributed by atoms with E-state index in [2.05, 4.69) is 5.32 Å². The monoisotopic (exact) mass is 311 g/mol. The average Bonchev–Trinajstić information content (AvgIpc) is 3.15. The van der Waals surface area contributed by atoms with E-state index in [0.29, 0.717) is 5.56 Å². The summed E-state index contributed by atoms with van der Waals surface area (Å²) in [6.45, 7) is 1.68. The van der Waals surface area contributed by atoms with Gasteiger partial charge in [-0.3, -0.25) is 9.59 Å². The first-order valence-electron chi connectivity index (χ1n) is 8.03. The first kappa shape index (κ1) is 15.3. The molecule has 1 aliphatic heterocycles. The largest absolute Gasteiger partial charge is 0.343 e. The molecule has 120 valence electrons. The first-order chi connectivity index (χ1) is 11.2. The van der Waals surface area contributed by atoms with Crippen LogP contribution < -0.4 is 5.32 Å². The lowest BCUT2D eigenvalue weighted by molar-refractivity contribution is -0.130. The number of piperidine rings is 1. The number of carbonyl (C=O) groups excluding carboxylic acids is 2. The molecule has 0 aliphatic carbocycles. The Labute approximate surface area is 135 Å². The molecule has 1 aromatic heterocycles. The van der Waals surface area contributed by atoms with Crippen LogP contribution in [-0.2, 0) is 4.79 Å². The lowest BCUT2D eigenvalue weighted by Gasteiger charge is -2.26. The molecule has 1 aliphatic rings. The van der Waals surface area contributed by atoms with Gasteiger partial charge in [0.15, 0.2) is 0 Å². The topological polar surface area (TPSA) is 54.3 Å². The smallest absolute Gasteiger partial charge is 0.251 e. The van der Waals surface area contributed by atoms with Crippen molar-refractivity contribution >= 4 is 11.8 Å². The van der Waals surface area contributed by atoms with Gasteiger partial charge < -0.3 is 14.8 Å². The van der Waals surface area contributed by atoms with Gasteiger partial charge in [-0.25, -0.2) is 0 Å². The molecule has 1 aromatic carbocycles. The molecule has 0 radical (unpaired) electrons. The van der Waals surface area contributed by atoms with Gasteiger partial charge in [-0.1, -0.05) is 0 Å². The molecule has 1 saturated heterocycles. The number of nitrogens with zero attached hydrogens (tertiary/aromatic N) is 2. The lowest BCUT2D eigenvalue weighted by atomic mass is 10.1. The quantitative estimate of drug-likeness (QED) is 0.941. The SMILES string of the molecule is O=C(NCC(=O)N1CCCCC1)c1ccc(-n2cccc2)cc1. The summed E-state index contributed by atoms with van der Waals surface area (Å²) < 4.78 is 1.97. The molecule has 0 unspecified atom stereocenters. The molecule has 0 atom stereocenters. The van der Waals surface area contributed by atoms with Crippen molar-refractivity contribution in [2.45, 2.75) is 19.3 Å². The summed E-state index contributed by atoms with van der Waals surface area (Å²) in [6, 6.07) is 11.2. The van der Waals surface area contributed by atoms with E-state index in [9.17, 15) is 9.59 Å². The van der Waals surface area contributed by atoms with E-state index < -0.39 is 0 Å². The molecular weight excluding hydrogens is 290 g/mol. The molecule has 2 aromatic rings. The molecular formula is C18H21N3O2. The second kappa shape index (κ2) is 7.13. The molecule has 0 bridgehead atoms. The molecule has 5 heteroatoms. The van der Waals surface area contributed by atoms with Gasteiger partial charge in [0.2, 0.25) is 5.91 Å². The van der Waals surface area contributed by atoms with Gasteiger partial charge in [0.05, 0.1) is 6.54 Å². The van der Waals surface area contributed by atoms with Gasteiger partial charge in [0.1, 0.15) is 0 Å². The summed E-state index contributed by atoms with van der Waals surface area (Å²) >= 11 is 0. The third-order valence-corrected chi connectivity index (χ3v) is 4.14. The molecule has 3 rings (SSSR count). The van der Waals surface area contributed by atoms with Crippen molar-refractivity contribution in [1.82, 2.24) is 14.8 Å².